The Morgan fingerprint density at radius 1 is 0.769 bits per heavy atom. The first-order chi connectivity index (χ1) is 12.5. The van der Waals surface area contributed by atoms with Crippen molar-refractivity contribution in [2.75, 3.05) is 6.54 Å². The number of quaternary nitrogens is 1. The second-order valence-electron chi connectivity index (χ2n) is 6.18. The van der Waals surface area contributed by atoms with Gasteiger partial charge >= 0.3 is 0 Å². The first kappa shape index (κ1) is 19.2. The van der Waals surface area contributed by atoms with Crippen LogP contribution in [0.1, 0.15) is 16.7 Å². The molecule has 3 aromatic carbocycles. The average Bonchev–Trinajstić information content (AvgIpc) is 2.66. The smallest absolute Gasteiger partial charge is 0.163 e. The number of aliphatic hydroxyl groups is 1. The number of halogens is 3. The third kappa shape index (κ3) is 4.40. The minimum absolute atomic E-state index is 0.457. The van der Waals surface area contributed by atoms with Gasteiger partial charge in [0.2, 0.25) is 0 Å². The molecule has 0 bridgehead atoms. The number of hydrogen-bond donors (Lipinski definition) is 2. The Hall–Kier alpha value is -1.55. The topological polar surface area (TPSA) is 36.8 Å². The summed E-state index contributed by atoms with van der Waals surface area (Å²) < 4.78 is 0. The molecule has 26 heavy (non-hydrogen) atoms. The fourth-order valence-electron chi connectivity index (χ4n) is 2.96. The Morgan fingerprint density at radius 3 is 2.08 bits per heavy atom. The number of rotatable bonds is 6. The summed E-state index contributed by atoms with van der Waals surface area (Å²) in [7, 11) is 0. The van der Waals surface area contributed by atoms with Gasteiger partial charge in [0.1, 0.15) is 13.1 Å². The molecule has 5 heteroatoms. The lowest BCUT2D eigenvalue weighted by molar-refractivity contribution is -0.682. The van der Waals surface area contributed by atoms with Gasteiger partial charge in [-0.25, -0.2) is 0 Å². The van der Waals surface area contributed by atoms with Crippen molar-refractivity contribution in [3.8, 4) is 0 Å². The Morgan fingerprint density at radius 2 is 1.42 bits per heavy atom. The average molecular weight is 408 g/mol. The van der Waals surface area contributed by atoms with Crippen LogP contribution in [-0.2, 0) is 12.1 Å². The first-order valence-electron chi connectivity index (χ1n) is 8.28. The van der Waals surface area contributed by atoms with Crippen molar-refractivity contribution in [2.24, 2.45) is 0 Å². The zero-order chi connectivity index (χ0) is 18.6. The molecule has 3 rings (SSSR count). The van der Waals surface area contributed by atoms with Crippen molar-refractivity contribution in [1.82, 2.24) is 0 Å². The predicted octanol–water partition coefficient (Wildman–Crippen LogP) is 4.65. The second kappa shape index (κ2) is 8.43. The van der Waals surface area contributed by atoms with Gasteiger partial charge in [-0.1, -0.05) is 83.3 Å². The summed E-state index contributed by atoms with van der Waals surface area (Å²) in [6.45, 7) is 1.14. The highest BCUT2D eigenvalue weighted by Crippen LogP contribution is 2.29. The lowest BCUT2D eigenvalue weighted by Gasteiger charge is -2.28. The predicted molar refractivity (Wildman–Crippen MR) is 108 cm³/mol. The maximum absolute atomic E-state index is 11.5. The molecule has 0 heterocycles. The van der Waals surface area contributed by atoms with Crippen molar-refractivity contribution in [1.29, 1.82) is 0 Å². The SMILES string of the molecule is OC(C[NH2+]Cc1ccc(Cl)c(Cl)c1)(c1ccccc1)c1ccc(Cl)cc1. The molecule has 0 aliphatic rings. The van der Waals surface area contributed by atoms with Gasteiger partial charge < -0.3 is 10.4 Å². The molecule has 1 atom stereocenters. The highest BCUT2D eigenvalue weighted by atomic mass is 35.5. The maximum atomic E-state index is 11.5. The molecule has 0 spiro atoms. The Labute approximate surface area is 168 Å². The van der Waals surface area contributed by atoms with Crippen LogP contribution in [-0.4, -0.2) is 11.7 Å². The first-order valence-corrected chi connectivity index (χ1v) is 9.42. The van der Waals surface area contributed by atoms with Crippen molar-refractivity contribution in [3.05, 3.63) is 105 Å². The Kier molecular flexibility index (Phi) is 6.23. The summed E-state index contributed by atoms with van der Waals surface area (Å²) >= 11 is 18.1. The van der Waals surface area contributed by atoms with E-state index in [1.165, 1.54) is 0 Å². The normalized spacial score (nSPS) is 13.4. The zero-order valence-electron chi connectivity index (χ0n) is 14.0. The zero-order valence-corrected chi connectivity index (χ0v) is 16.3. The fraction of sp³-hybridized carbons (Fsp3) is 0.143. The highest BCUT2D eigenvalue weighted by molar-refractivity contribution is 6.42. The van der Waals surface area contributed by atoms with Gasteiger partial charge in [-0.2, -0.15) is 0 Å². The van der Waals surface area contributed by atoms with E-state index in [9.17, 15) is 5.11 Å². The summed E-state index contributed by atoms with van der Waals surface area (Å²) in [5.74, 6) is 0. The molecule has 1 unspecified atom stereocenters. The Bertz CT molecular complexity index is 868. The lowest BCUT2D eigenvalue weighted by Crippen LogP contribution is -2.86. The van der Waals surface area contributed by atoms with Crippen LogP contribution in [0.5, 0.6) is 0 Å². The molecule has 2 nitrogen and oxygen atoms in total. The van der Waals surface area contributed by atoms with E-state index in [2.05, 4.69) is 5.32 Å². The fourth-order valence-corrected chi connectivity index (χ4v) is 3.40. The third-order valence-electron chi connectivity index (χ3n) is 4.38. The molecule has 3 N–H and O–H groups in total. The molecular weight excluding hydrogens is 389 g/mol. The van der Waals surface area contributed by atoms with Crippen molar-refractivity contribution in [3.63, 3.8) is 0 Å². The minimum Gasteiger partial charge on any atom is -0.375 e. The van der Waals surface area contributed by atoms with Crippen LogP contribution in [0.4, 0.5) is 0 Å². The van der Waals surface area contributed by atoms with Crippen LogP contribution in [0.3, 0.4) is 0 Å². The Balaban J connectivity index is 1.82. The van der Waals surface area contributed by atoms with Crippen LogP contribution in [0.15, 0.2) is 72.8 Å². The van der Waals surface area contributed by atoms with Crippen LogP contribution < -0.4 is 5.32 Å². The van der Waals surface area contributed by atoms with Gasteiger partial charge in [-0.05, 0) is 35.4 Å². The van der Waals surface area contributed by atoms with Crippen LogP contribution in [0.2, 0.25) is 15.1 Å². The lowest BCUT2D eigenvalue weighted by atomic mass is 9.86. The van der Waals surface area contributed by atoms with Crippen molar-refractivity contribution >= 4 is 34.8 Å². The van der Waals surface area contributed by atoms with E-state index in [0.717, 1.165) is 16.7 Å². The van der Waals surface area contributed by atoms with E-state index in [1.54, 1.807) is 18.2 Å². The van der Waals surface area contributed by atoms with Crippen LogP contribution in [0.25, 0.3) is 0 Å². The molecular formula is C21H19Cl3NO+. The highest BCUT2D eigenvalue weighted by Gasteiger charge is 2.33. The molecule has 0 radical (unpaired) electrons. The molecule has 0 fully saturated rings. The van der Waals surface area contributed by atoms with Gasteiger partial charge in [-0.15, -0.1) is 0 Å². The summed E-state index contributed by atoms with van der Waals surface area (Å²) in [6.07, 6.45) is 0. The minimum atomic E-state index is -1.12. The number of hydrogen-bond acceptors (Lipinski definition) is 1. The molecule has 0 aromatic heterocycles. The largest absolute Gasteiger partial charge is 0.375 e. The molecule has 0 aliphatic carbocycles. The van der Waals surface area contributed by atoms with Crippen molar-refractivity contribution < 1.29 is 10.4 Å². The van der Waals surface area contributed by atoms with Crippen molar-refractivity contribution in [2.45, 2.75) is 12.1 Å². The second-order valence-corrected chi connectivity index (χ2v) is 7.43. The molecule has 0 saturated heterocycles. The molecule has 0 amide bonds. The quantitative estimate of drug-likeness (QED) is 0.613. The molecule has 0 aliphatic heterocycles. The van der Waals surface area contributed by atoms with E-state index in [0.29, 0.717) is 28.2 Å². The van der Waals surface area contributed by atoms with Crippen LogP contribution in [0, 0.1) is 0 Å². The van der Waals surface area contributed by atoms with E-state index in [-0.39, 0.29) is 0 Å². The van der Waals surface area contributed by atoms with Gasteiger partial charge in [0, 0.05) is 10.6 Å². The summed E-state index contributed by atoms with van der Waals surface area (Å²) in [5, 5.41) is 15.3. The molecule has 0 saturated carbocycles. The van der Waals surface area contributed by atoms with Crippen LogP contribution >= 0.6 is 34.8 Å². The van der Waals surface area contributed by atoms with Gasteiger partial charge in [0.05, 0.1) is 10.0 Å². The number of nitrogens with two attached hydrogens (primary N) is 1. The standard InChI is InChI=1S/C21H18Cl3NO/c22-18-9-7-17(8-10-18)21(26,16-4-2-1-3-5-16)14-25-13-15-6-11-19(23)20(24)12-15/h1-12,25-26H,13-14H2/p+1. The van der Waals surface area contributed by atoms with E-state index in [1.807, 2.05) is 54.6 Å². The van der Waals surface area contributed by atoms with Gasteiger partial charge in [0.25, 0.3) is 0 Å². The summed E-state index contributed by atoms with van der Waals surface area (Å²) in [4.78, 5) is 0. The summed E-state index contributed by atoms with van der Waals surface area (Å²) in [6, 6.07) is 22.5. The van der Waals surface area contributed by atoms with Gasteiger partial charge in [-0.3, -0.25) is 0 Å². The molecule has 3 aromatic rings. The maximum Gasteiger partial charge on any atom is 0.163 e. The van der Waals surface area contributed by atoms with E-state index >= 15 is 0 Å². The van der Waals surface area contributed by atoms with E-state index in [4.69, 9.17) is 34.8 Å². The van der Waals surface area contributed by atoms with Gasteiger partial charge in [0.15, 0.2) is 5.60 Å². The molecule has 134 valence electrons. The summed E-state index contributed by atoms with van der Waals surface area (Å²) in [5.41, 5.74) is 1.57. The number of benzene rings is 3. The third-order valence-corrected chi connectivity index (χ3v) is 5.37. The van der Waals surface area contributed by atoms with E-state index < -0.39 is 5.60 Å². The monoisotopic (exact) mass is 406 g/mol.